The number of hydrogen-bond donors (Lipinski definition) is 1. The van der Waals surface area contributed by atoms with E-state index < -0.39 is 0 Å². The second kappa shape index (κ2) is 8.73. The summed E-state index contributed by atoms with van der Waals surface area (Å²) >= 11 is 0. The lowest BCUT2D eigenvalue weighted by atomic mass is 10.1. The summed E-state index contributed by atoms with van der Waals surface area (Å²) in [6.45, 7) is 6.04. The zero-order valence-corrected chi connectivity index (χ0v) is 13.4. The van der Waals surface area contributed by atoms with Gasteiger partial charge in [-0.15, -0.1) is 0 Å². The van der Waals surface area contributed by atoms with Crippen molar-refractivity contribution in [3.05, 3.63) is 29.8 Å². The molecule has 0 bridgehead atoms. The summed E-state index contributed by atoms with van der Waals surface area (Å²) in [5, 5.41) is 11.4. The summed E-state index contributed by atoms with van der Waals surface area (Å²) in [7, 11) is 1.53. The molecule has 1 N–H and O–H groups in total. The maximum atomic E-state index is 11.8. The highest BCUT2D eigenvalue weighted by Gasteiger charge is 2.08. The second-order valence-corrected chi connectivity index (χ2v) is 5.23. The first kappa shape index (κ1) is 17.6. The molecule has 1 amide bonds. The summed E-state index contributed by atoms with van der Waals surface area (Å²) in [5.41, 5.74) is 0.813. The number of methoxy groups -OCH3 is 1. The number of benzene rings is 1. The molecule has 1 aromatic rings. The number of nitrogens with zero attached hydrogens (tertiary/aromatic N) is 1. The van der Waals surface area contributed by atoms with Gasteiger partial charge < -0.3 is 14.8 Å². The molecule has 118 valence electrons. The van der Waals surface area contributed by atoms with E-state index >= 15 is 0 Å². The van der Waals surface area contributed by atoms with Gasteiger partial charge >= 0.3 is 0 Å². The Morgan fingerprint density at radius 3 is 2.68 bits per heavy atom. The number of rotatable bonds is 7. The van der Waals surface area contributed by atoms with Gasteiger partial charge in [0.2, 0.25) is 5.91 Å². The fourth-order valence-corrected chi connectivity index (χ4v) is 1.63. The first-order valence-electron chi connectivity index (χ1n) is 7.14. The van der Waals surface area contributed by atoms with E-state index in [0.29, 0.717) is 17.4 Å². The lowest BCUT2D eigenvalue weighted by molar-refractivity contribution is -0.117. The van der Waals surface area contributed by atoms with Gasteiger partial charge in [-0.3, -0.25) is 4.79 Å². The summed E-state index contributed by atoms with van der Waals surface area (Å²) in [5.74, 6) is 1.27. The number of carbonyl (C=O) groups excluding carboxylic acids is 1. The maximum Gasteiger partial charge on any atom is 0.244 e. The molecular formula is C17H22N2O3. The van der Waals surface area contributed by atoms with Crippen molar-refractivity contribution in [2.24, 2.45) is 5.92 Å². The van der Waals surface area contributed by atoms with E-state index in [0.717, 1.165) is 5.56 Å². The number of amides is 1. The van der Waals surface area contributed by atoms with Crippen molar-refractivity contribution in [1.82, 2.24) is 5.32 Å². The van der Waals surface area contributed by atoms with E-state index in [-0.39, 0.29) is 18.6 Å². The molecule has 22 heavy (non-hydrogen) atoms. The SMILES string of the molecule is COc1cc(/C=C/C(=O)NC(C)C(C)C)ccc1OCC#N. The predicted molar refractivity (Wildman–Crippen MR) is 85.6 cm³/mol. The molecule has 0 radical (unpaired) electrons. The van der Waals surface area contributed by atoms with Crippen LogP contribution < -0.4 is 14.8 Å². The lowest BCUT2D eigenvalue weighted by Gasteiger charge is -2.15. The van der Waals surface area contributed by atoms with Crippen LogP contribution in [-0.2, 0) is 4.79 Å². The fourth-order valence-electron chi connectivity index (χ4n) is 1.63. The maximum absolute atomic E-state index is 11.8. The van der Waals surface area contributed by atoms with E-state index in [4.69, 9.17) is 14.7 Å². The fraction of sp³-hybridized carbons (Fsp3) is 0.412. The molecular weight excluding hydrogens is 280 g/mol. The Morgan fingerprint density at radius 2 is 2.09 bits per heavy atom. The average molecular weight is 302 g/mol. The first-order chi connectivity index (χ1) is 10.5. The molecule has 0 spiro atoms. The van der Waals surface area contributed by atoms with Crippen molar-refractivity contribution in [2.45, 2.75) is 26.8 Å². The predicted octanol–water partition coefficient (Wildman–Crippen LogP) is 2.77. The van der Waals surface area contributed by atoms with Gasteiger partial charge in [0.05, 0.1) is 7.11 Å². The third-order valence-corrected chi connectivity index (χ3v) is 3.28. The van der Waals surface area contributed by atoms with Crippen LogP contribution in [0.3, 0.4) is 0 Å². The molecule has 0 fully saturated rings. The second-order valence-electron chi connectivity index (χ2n) is 5.23. The van der Waals surface area contributed by atoms with Crippen molar-refractivity contribution in [3.63, 3.8) is 0 Å². The largest absolute Gasteiger partial charge is 0.493 e. The van der Waals surface area contributed by atoms with Crippen molar-refractivity contribution in [2.75, 3.05) is 13.7 Å². The van der Waals surface area contributed by atoms with Gasteiger partial charge in [0, 0.05) is 12.1 Å². The normalized spacial score (nSPS) is 12.0. The summed E-state index contributed by atoms with van der Waals surface area (Å²) in [6, 6.07) is 7.29. The van der Waals surface area contributed by atoms with E-state index in [1.54, 1.807) is 24.3 Å². The molecule has 5 heteroatoms. The van der Waals surface area contributed by atoms with E-state index in [1.807, 2.05) is 13.0 Å². The molecule has 0 aromatic heterocycles. The Balaban J connectivity index is 2.75. The highest BCUT2D eigenvalue weighted by atomic mass is 16.5. The van der Waals surface area contributed by atoms with Crippen LogP contribution in [0.1, 0.15) is 26.3 Å². The average Bonchev–Trinajstić information content (AvgIpc) is 2.50. The number of ether oxygens (including phenoxy) is 2. The first-order valence-corrected chi connectivity index (χ1v) is 7.14. The topological polar surface area (TPSA) is 71.3 Å². The zero-order chi connectivity index (χ0) is 16.5. The molecule has 0 aliphatic rings. The third kappa shape index (κ3) is 5.49. The quantitative estimate of drug-likeness (QED) is 0.786. The van der Waals surface area contributed by atoms with Crippen molar-refractivity contribution < 1.29 is 14.3 Å². The van der Waals surface area contributed by atoms with Crippen molar-refractivity contribution in [1.29, 1.82) is 5.26 Å². The van der Waals surface area contributed by atoms with Crippen LogP contribution in [0.5, 0.6) is 11.5 Å². The van der Waals surface area contributed by atoms with Crippen LogP contribution in [0.15, 0.2) is 24.3 Å². The number of nitrogens with one attached hydrogen (secondary N) is 1. The van der Waals surface area contributed by atoms with Crippen LogP contribution in [0.4, 0.5) is 0 Å². The molecule has 0 aliphatic carbocycles. The van der Waals surface area contributed by atoms with Crippen molar-refractivity contribution in [3.8, 4) is 17.6 Å². The monoisotopic (exact) mass is 302 g/mol. The standard InChI is InChI=1S/C17H22N2O3/c1-12(2)13(3)19-17(20)8-6-14-5-7-15(22-10-9-18)16(11-14)21-4/h5-8,11-13H,10H2,1-4H3,(H,19,20)/b8-6+. The minimum absolute atomic E-state index is 0.0406. The molecule has 1 aromatic carbocycles. The van der Waals surface area contributed by atoms with Gasteiger partial charge in [-0.2, -0.15) is 5.26 Å². The molecule has 0 saturated heterocycles. The van der Waals surface area contributed by atoms with Crippen molar-refractivity contribution >= 4 is 12.0 Å². The van der Waals surface area contributed by atoms with E-state index in [2.05, 4.69) is 19.2 Å². The van der Waals surface area contributed by atoms with Gasteiger partial charge in [-0.05, 0) is 36.6 Å². The summed E-state index contributed by atoms with van der Waals surface area (Å²) in [4.78, 5) is 11.8. The van der Waals surface area contributed by atoms with Crippen LogP contribution >= 0.6 is 0 Å². The Bertz CT molecular complexity index is 574. The molecule has 5 nitrogen and oxygen atoms in total. The van der Waals surface area contributed by atoms with Crippen LogP contribution in [0, 0.1) is 17.2 Å². The van der Waals surface area contributed by atoms with Crippen LogP contribution in [0.2, 0.25) is 0 Å². The zero-order valence-electron chi connectivity index (χ0n) is 13.4. The van der Waals surface area contributed by atoms with Gasteiger partial charge in [0.1, 0.15) is 6.07 Å². The van der Waals surface area contributed by atoms with E-state index in [1.165, 1.54) is 13.2 Å². The van der Waals surface area contributed by atoms with Gasteiger partial charge in [0.15, 0.2) is 18.1 Å². The minimum atomic E-state index is -0.134. The molecule has 1 atom stereocenters. The summed E-state index contributed by atoms with van der Waals surface area (Å²) < 4.78 is 10.5. The lowest BCUT2D eigenvalue weighted by Crippen LogP contribution is -2.34. The smallest absolute Gasteiger partial charge is 0.244 e. The van der Waals surface area contributed by atoms with Gasteiger partial charge in [0.25, 0.3) is 0 Å². The van der Waals surface area contributed by atoms with Gasteiger partial charge in [-0.25, -0.2) is 0 Å². The minimum Gasteiger partial charge on any atom is -0.493 e. The summed E-state index contributed by atoms with van der Waals surface area (Å²) in [6.07, 6.45) is 3.20. The number of nitriles is 1. The molecule has 0 aliphatic heterocycles. The molecule has 0 heterocycles. The molecule has 0 saturated carbocycles. The van der Waals surface area contributed by atoms with E-state index in [9.17, 15) is 4.79 Å². The number of carbonyl (C=O) groups is 1. The van der Waals surface area contributed by atoms with Gasteiger partial charge in [-0.1, -0.05) is 19.9 Å². The highest BCUT2D eigenvalue weighted by Crippen LogP contribution is 2.28. The number of hydrogen-bond acceptors (Lipinski definition) is 4. The Kier molecular flexibility index (Phi) is 6.97. The Morgan fingerprint density at radius 1 is 1.36 bits per heavy atom. The third-order valence-electron chi connectivity index (χ3n) is 3.28. The Hall–Kier alpha value is -2.48. The van der Waals surface area contributed by atoms with Crippen LogP contribution in [-0.4, -0.2) is 25.7 Å². The highest BCUT2D eigenvalue weighted by molar-refractivity contribution is 5.92. The molecule has 1 rings (SSSR count). The molecule has 1 unspecified atom stereocenters. The Labute approximate surface area is 131 Å². The van der Waals surface area contributed by atoms with Crippen LogP contribution in [0.25, 0.3) is 6.08 Å².